The van der Waals surface area contributed by atoms with Crippen molar-refractivity contribution in [2.45, 2.75) is 51.0 Å². The van der Waals surface area contributed by atoms with Crippen molar-refractivity contribution in [1.29, 1.82) is 0 Å². The molecule has 1 fully saturated rings. The van der Waals surface area contributed by atoms with Crippen molar-refractivity contribution in [3.05, 3.63) is 103 Å². The third-order valence-corrected chi connectivity index (χ3v) is 7.39. The van der Waals surface area contributed by atoms with Crippen LogP contribution in [-0.4, -0.2) is 56.4 Å². The molecule has 1 aliphatic carbocycles. The van der Waals surface area contributed by atoms with Crippen LogP contribution in [0.1, 0.15) is 55.3 Å². The van der Waals surface area contributed by atoms with E-state index < -0.39 is 23.9 Å². The van der Waals surface area contributed by atoms with Gasteiger partial charge in [0.15, 0.2) is 0 Å². The Bertz CT molecular complexity index is 1540. The second-order valence-electron chi connectivity index (χ2n) is 11.1. The summed E-state index contributed by atoms with van der Waals surface area (Å²) in [5, 5.41) is 0. The topological polar surface area (TPSA) is 124 Å². The molecular formula is C38H40O10. The smallest absolute Gasteiger partial charge is 0.343 e. The van der Waals surface area contributed by atoms with Crippen molar-refractivity contribution in [2.24, 2.45) is 0 Å². The monoisotopic (exact) mass is 656 g/mol. The zero-order valence-corrected chi connectivity index (χ0v) is 26.9. The minimum absolute atomic E-state index is 0.0310. The van der Waals surface area contributed by atoms with Crippen LogP contribution in [0.5, 0.6) is 17.2 Å². The molecule has 0 bridgehead atoms. The second kappa shape index (κ2) is 18.7. The van der Waals surface area contributed by atoms with Gasteiger partial charge >= 0.3 is 23.9 Å². The van der Waals surface area contributed by atoms with E-state index in [1.165, 1.54) is 0 Å². The second-order valence-corrected chi connectivity index (χ2v) is 11.1. The molecule has 4 rings (SSSR count). The van der Waals surface area contributed by atoms with E-state index in [-0.39, 0.29) is 37.9 Å². The summed E-state index contributed by atoms with van der Waals surface area (Å²) >= 11 is 0. The Balaban J connectivity index is 1.13. The lowest BCUT2D eigenvalue weighted by Crippen LogP contribution is -2.22. The van der Waals surface area contributed by atoms with Gasteiger partial charge in [0, 0.05) is 18.1 Å². The summed E-state index contributed by atoms with van der Waals surface area (Å²) in [5.74, 6) is -0.566. The standard InChI is InChI=1S/C38H40O10/c1-3-35(39)45-23-7-22-43-31-16-14-29(15-17-31)28-10-12-30(13-11-28)38(42)48-34-20-18-32(19-21-34)44-24-25-46-37(41)27(2)26-36(40)47-33-8-5-4-6-9-33/h3,10-21,33H,1-2,4-9,22-26H2. The molecule has 10 nitrogen and oxygen atoms in total. The molecule has 0 atom stereocenters. The molecule has 48 heavy (non-hydrogen) atoms. The summed E-state index contributed by atoms with van der Waals surface area (Å²) in [7, 11) is 0. The lowest BCUT2D eigenvalue weighted by atomic mass is 9.98. The molecule has 0 heterocycles. The Morgan fingerprint density at radius 2 is 1.27 bits per heavy atom. The summed E-state index contributed by atoms with van der Waals surface area (Å²) in [6, 6.07) is 21.1. The van der Waals surface area contributed by atoms with E-state index in [9.17, 15) is 19.2 Å². The van der Waals surface area contributed by atoms with Crippen molar-refractivity contribution in [3.8, 4) is 28.4 Å². The van der Waals surface area contributed by atoms with E-state index in [4.69, 9.17) is 28.4 Å². The molecule has 10 heteroatoms. The van der Waals surface area contributed by atoms with Gasteiger partial charge in [-0.15, -0.1) is 0 Å². The number of carbonyl (C=O) groups is 4. The first kappa shape index (κ1) is 35.5. The van der Waals surface area contributed by atoms with E-state index in [1.54, 1.807) is 36.4 Å². The zero-order chi connectivity index (χ0) is 34.1. The van der Waals surface area contributed by atoms with Crippen LogP contribution in [0.2, 0.25) is 0 Å². The highest BCUT2D eigenvalue weighted by molar-refractivity contribution is 5.93. The molecule has 1 saturated carbocycles. The fourth-order valence-electron chi connectivity index (χ4n) is 4.85. The average molecular weight is 657 g/mol. The number of hydrogen-bond acceptors (Lipinski definition) is 10. The SMILES string of the molecule is C=CC(=O)OCCCOc1ccc(-c2ccc(C(=O)Oc3ccc(OCCOC(=O)C(=C)CC(=O)OC4CCCCC4)cc3)cc2)cc1. The van der Waals surface area contributed by atoms with Gasteiger partial charge in [0.1, 0.15) is 36.6 Å². The van der Waals surface area contributed by atoms with Crippen molar-refractivity contribution in [2.75, 3.05) is 26.4 Å². The molecule has 0 amide bonds. The number of ether oxygens (including phenoxy) is 6. The minimum atomic E-state index is -0.670. The fraction of sp³-hybridized carbons (Fsp3) is 0.316. The van der Waals surface area contributed by atoms with Gasteiger partial charge in [-0.1, -0.05) is 43.8 Å². The molecule has 0 radical (unpaired) electrons. The Labute approximate surface area is 280 Å². The first-order valence-corrected chi connectivity index (χ1v) is 15.9. The van der Waals surface area contributed by atoms with Crippen LogP contribution in [0.4, 0.5) is 0 Å². The van der Waals surface area contributed by atoms with Gasteiger partial charge < -0.3 is 28.4 Å². The average Bonchev–Trinajstić information content (AvgIpc) is 3.11. The van der Waals surface area contributed by atoms with Gasteiger partial charge in [-0.05, 0) is 85.3 Å². The first-order valence-electron chi connectivity index (χ1n) is 15.9. The highest BCUT2D eigenvalue weighted by Gasteiger charge is 2.20. The van der Waals surface area contributed by atoms with E-state index in [1.807, 2.05) is 36.4 Å². The molecule has 0 aliphatic heterocycles. The van der Waals surface area contributed by atoms with Crippen molar-refractivity contribution in [1.82, 2.24) is 0 Å². The van der Waals surface area contributed by atoms with Crippen LogP contribution >= 0.6 is 0 Å². The number of hydrogen-bond donors (Lipinski definition) is 0. The predicted octanol–water partition coefficient (Wildman–Crippen LogP) is 6.82. The third kappa shape index (κ3) is 11.8. The largest absolute Gasteiger partial charge is 0.493 e. The zero-order valence-electron chi connectivity index (χ0n) is 26.9. The summed E-state index contributed by atoms with van der Waals surface area (Å²) in [4.78, 5) is 48.0. The van der Waals surface area contributed by atoms with Gasteiger partial charge in [-0.25, -0.2) is 14.4 Å². The van der Waals surface area contributed by atoms with E-state index >= 15 is 0 Å². The highest BCUT2D eigenvalue weighted by atomic mass is 16.6. The number of benzene rings is 3. The maximum atomic E-state index is 12.7. The maximum absolute atomic E-state index is 12.7. The first-order chi connectivity index (χ1) is 23.3. The molecule has 0 aromatic heterocycles. The molecule has 3 aromatic rings. The lowest BCUT2D eigenvalue weighted by Gasteiger charge is -2.21. The number of rotatable bonds is 17. The Hall–Kier alpha value is -5.38. The lowest BCUT2D eigenvalue weighted by molar-refractivity contribution is -0.151. The molecule has 252 valence electrons. The van der Waals surface area contributed by atoms with Gasteiger partial charge in [-0.3, -0.25) is 4.79 Å². The van der Waals surface area contributed by atoms with Crippen LogP contribution in [0.25, 0.3) is 11.1 Å². The quantitative estimate of drug-likeness (QED) is 0.0503. The predicted molar refractivity (Wildman–Crippen MR) is 178 cm³/mol. The van der Waals surface area contributed by atoms with E-state index in [0.29, 0.717) is 35.8 Å². The molecule has 1 aliphatic rings. The van der Waals surface area contributed by atoms with E-state index in [2.05, 4.69) is 13.2 Å². The van der Waals surface area contributed by atoms with Crippen molar-refractivity contribution >= 4 is 23.9 Å². The summed E-state index contributed by atoms with van der Waals surface area (Å²) < 4.78 is 32.3. The molecule has 0 unspecified atom stereocenters. The van der Waals surface area contributed by atoms with Crippen LogP contribution in [0.3, 0.4) is 0 Å². The summed E-state index contributed by atoms with van der Waals surface area (Å²) in [6.07, 6.45) is 6.36. The third-order valence-electron chi connectivity index (χ3n) is 7.39. The summed E-state index contributed by atoms with van der Waals surface area (Å²) in [5.41, 5.74) is 2.30. The highest BCUT2D eigenvalue weighted by Crippen LogP contribution is 2.25. The summed E-state index contributed by atoms with van der Waals surface area (Å²) in [6.45, 7) is 7.72. The van der Waals surface area contributed by atoms with Crippen LogP contribution in [0.15, 0.2) is 97.6 Å². The minimum Gasteiger partial charge on any atom is -0.493 e. The Morgan fingerprint density at radius 3 is 1.92 bits per heavy atom. The Morgan fingerprint density at radius 1 is 0.688 bits per heavy atom. The van der Waals surface area contributed by atoms with Crippen LogP contribution < -0.4 is 14.2 Å². The van der Waals surface area contributed by atoms with Gasteiger partial charge in [-0.2, -0.15) is 0 Å². The number of esters is 4. The molecule has 0 spiro atoms. The molecule has 0 saturated heterocycles. The van der Waals surface area contributed by atoms with Gasteiger partial charge in [0.25, 0.3) is 0 Å². The van der Waals surface area contributed by atoms with Crippen LogP contribution in [0, 0.1) is 0 Å². The Kier molecular flexibility index (Phi) is 13.8. The van der Waals surface area contributed by atoms with Crippen LogP contribution in [-0.2, 0) is 28.6 Å². The molecular weight excluding hydrogens is 616 g/mol. The maximum Gasteiger partial charge on any atom is 0.343 e. The van der Waals surface area contributed by atoms with Gasteiger partial charge in [0.2, 0.25) is 0 Å². The number of carbonyl (C=O) groups excluding carboxylic acids is 4. The molecule has 0 N–H and O–H groups in total. The van der Waals surface area contributed by atoms with Crippen molar-refractivity contribution < 1.29 is 47.6 Å². The van der Waals surface area contributed by atoms with Crippen molar-refractivity contribution in [3.63, 3.8) is 0 Å². The molecule has 3 aromatic carbocycles. The van der Waals surface area contributed by atoms with Gasteiger partial charge in [0.05, 0.1) is 25.2 Å². The fourth-order valence-corrected chi connectivity index (χ4v) is 4.85. The normalized spacial score (nSPS) is 12.7. The van der Waals surface area contributed by atoms with E-state index in [0.717, 1.165) is 49.3 Å².